The zero-order chi connectivity index (χ0) is 13.3. The number of ketones is 1. The third-order valence-electron chi connectivity index (χ3n) is 4.64. The fraction of sp³-hybridized carbons (Fsp3) is 0.733. The summed E-state index contributed by atoms with van der Waals surface area (Å²) in [5, 5.41) is 4.56. The average molecular weight is 261 g/mol. The van der Waals surface area contributed by atoms with Crippen LogP contribution in [0.4, 0.5) is 0 Å². The Morgan fingerprint density at radius 3 is 2.74 bits per heavy atom. The van der Waals surface area contributed by atoms with Gasteiger partial charge >= 0.3 is 0 Å². The lowest BCUT2D eigenvalue weighted by atomic mass is 9.74. The van der Waals surface area contributed by atoms with Gasteiger partial charge in [0.1, 0.15) is 5.78 Å². The molecular formula is C15H23N3O. The lowest BCUT2D eigenvalue weighted by Gasteiger charge is -2.37. The molecule has 0 atom stereocenters. The number of aromatic nitrogens is 2. The van der Waals surface area contributed by atoms with Crippen molar-refractivity contribution in [1.29, 1.82) is 0 Å². The Hall–Kier alpha value is -1.16. The van der Waals surface area contributed by atoms with E-state index in [1.54, 1.807) is 0 Å². The first kappa shape index (κ1) is 12.9. The smallest absolute Gasteiger partial charge is 0.140 e. The maximum Gasteiger partial charge on any atom is 0.140 e. The first-order valence-corrected chi connectivity index (χ1v) is 7.49. The van der Waals surface area contributed by atoms with Gasteiger partial charge in [-0.3, -0.25) is 9.48 Å². The predicted molar refractivity (Wildman–Crippen MR) is 73.8 cm³/mol. The van der Waals surface area contributed by atoms with Gasteiger partial charge < -0.3 is 5.73 Å². The van der Waals surface area contributed by atoms with Gasteiger partial charge in [0.15, 0.2) is 0 Å². The molecule has 104 valence electrons. The van der Waals surface area contributed by atoms with Gasteiger partial charge in [0.05, 0.1) is 18.2 Å². The minimum absolute atomic E-state index is 0.203. The van der Waals surface area contributed by atoms with Crippen molar-refractivity contribution >= 4 is 5.78 Å². The molecule has 1 heterocycles. The second-order valence-corrected chi connectivity index (χ2v) is 6.33. The fourth-order valence-electron chi connectivity index (χ4n) is 3.31. The van der Waals surface area contributed by atoms with Gasteiger partial charge in [-0.1, -0.05) is 12.8 Å². The molecule has 4 heteroatoms. The van der Waals surface area contributed by atoms with Crippen LogP contribution in [0.3, 0.4) is 0 Å². The maximum absolute atomic E-state index is 12.0. The van der Waals surface area contributed by atoms with Gasteiger partial charge in [0.2, 0.25) is 0 Å². The van der Waals surface area contributed by atoms with E-state index < -0.39 is 0 Å². The van der Waals surface area contributed by atoms with Crippen LogP contribution in [0.15, 0.2) is 12.3 Å². The SMILES string of the molecule is NC1(CC(=O)Cc2ccn(C3CCCC3)n2)CCC1. The average Bonchev–Trinajstić information content (AvgIpc) is 2.96. The second-order valence-electron chi connectivity index (χ2n) is 6.33. The van der Waals surface area contributed by atoms with Gasteiger partial charge in [-0.15, -0.1) is 0 Å². The highest BCUT2D eigenvalue weighted by atomic mass is 16.1. The van der Waals surface area contributed by atoms with Gasteiger partial charge in [-0.2, -0.15) is 5.10 Å². The summed E-state index contributed by atoms with van der Waals surface area (Å²) in [6.07, 6.45) is 11.2. The summed E-state index contributed by atoms with van der Waals surface area (Å²) < 4.78 is 2.05. The third-order valence-corrected chi connectivity index (χ3v) is 4.64. The first-order valence-electron chi connectivity index (χ1n) is 7.49. The predicted octanol–water partition coefficient (Wildman–Crippen LogP) is 2.38. The highest BCUT2D eigenvalue weighted by Gasteiger charge is 2.34. The molecule has 0 spiro atoms. The summed E-state index contributed by atoms with van der Waals surface area (Å²) in [4.78, 5) is 12.0. The van der Waals surface area contributed by atoms with E-state index in [0.29, 0.717) is 18.9 Å². The number of hydrogen-bond donors (Lipinski definition) is 1. The molecule has 2 aliphatic carbocycles. The van der Waals surface area contributed by atoms with E-state index >= 15 is 0 Å². The van der Waals surface area contributed by atoms with Gasteiger partial charge in [-0.05, 0) is 38.2 Å². The monoisotopic (exact) mass is 261 g/mol. The zero-order valence-electron chi connectivity index (χ0n) is 11.5. The molecule has 1 aromatic rings. The van der Waals surface area contributed by atoms with Crippen molar-refractivity contribution in [2.24, 2.45) is 5.73 Å². The van der Waals surface area contributed by atoms with Crippen LogP contribution in [0.5, 0.6) is 0 Å². The minimum atomic E-state index is -0.203. The highest BCUT2D eigenvalue weighted by Crippen LogP contribution is 2.32. The van der Waals surface area contributed by atoms with Crippen molar-refractivity contribution in [3.63, 3.8) is 0 Å². The zero-order valence-corrected chi connectivity index (χ0v) is 11.5. The summed E-state index contributed by atoms with van der Waals surface area (Å²) in [6, 6.07) is 2.54. The summed E-state index contributed by atoms with van der Waals surface area (Å²) >= 11 is 0. The van der Waals surface area contributed by atoms with E-state index in [1.165, 1.54) is 32.1 Å². The Morgan fingerprint density at radius 2 is 2.11 bits per heavy atom. The normalized spacial score (nSPS) is 22.4. The van der Waals surface area contributed by atoms with Crippen LogP contribution in [0.1, 0.15) is 63.1 Å². The molecule has 4 nitrogen and oxygen atoms in total. The number of nitrogens with zero attached hydrogens (tertiary/aromatic N) is 2. The second kappa shape index (κ2) is 5.08. The van der Waals surface area contributed by atoms with Gasteiger partial charge in [0, 0.05) is 18.2 Å². The van der Waals surface area contributed by atoms with Crippen molar-refractivity contribution in [3.05, 3.63) is 18.0 Å². The van der Waals surface area contributed by atoms with Crippen molar-refractivity contribution in [2.45, 2.75) is 69.4 Å². The van der Waals surface area contributed by atoms with E-state index in [0.717, 1.165) is 18.5 Å². The molecule has 2 aliphatic rings. The van der Waals surface area contributed by atoms with Crippen LogP contribution in [0.2, 0.25) is 0 Å². The van der Waals surface area contributed by atoms with Crippen LogP contribution in [0, 0.1) is 0 Å². The number of rotatable bonds is 5. The number of hydrogen-bond acceptors (Lipinski definition) is 3. The fourth-order valence-corrected chi connectivity index (χ4v) is 3.31. The molecule has 0 amide bonds. The molecule has 2 fully saturated rings. The van der Waals surface area contributed by atoms with Gasteiger partial charge in [0.25, 0.3) is 0 Å². The molecule has 0 bridgehead atoms. The standard InChI is InChI=1S/C15H23N3O/c16-15(7-3-8-15)11-14(19)10-12-6-9-18(17-12)13-4-1-2-5-13/h6,9,13H,1-5,7-8,10-11,16H2. The molecule has 0 aliphatic heterocycles. The van der Waals surface area contributed by atoms with Crippen LogP contribution >= 0.6 is 0 Å². The van der Waals surface area contributed by atoms with Crippen molar-refractivity contribution in [2.75, 3.05) is 0 Å². The van der Waals surface area contributed by atoms with E-state index in [-0.39, 0.29) is 11.3 Å². The topological polar surface area (TPSA) is 60.9 Å². The van der Waals surface area contributed by atoms with E-state index in [4.69, 9.17) is 5.73 Å². The van der Waals surface area contributed by atoms with E-state index in [9.17, 15) is 4.79 Å². The molecule has 0 radical (unpaired) electrons. The Balaban J connectivity index is 1.55. The van der Waals surface area contributed by atoms with E-state index in [1.807, 2.05) is 12.3 Å². The Labute approximate surface area is 114 Å². The quantitative estimate of drug-likeness (QED) is 0.885. The highest BCUT2D eigenvalue weighted by molar-refractivity contribution is 5.81. The number of Topliss-reactive ketones (excluding diaryl/α,β-unsaturated/α-hetero) is 1. The molecule has 2 saturated carbocycles. The van der Waals surface area contributed by atoms with Crippen LogP contribution in [-0.2, 0) is 11.2 Å². The summed E-state index contributed by atoms with van der Waals surface area (Å²) in [5.41, 5.74) is 6.82. The molecule has 19 heavy (non-hydrogen) atoms. The molecule has 1 aromatic heterocycles. The van der Waals surface area contributed by atoms with Crippen LogP contribution in [-0.4, -0.2) is 21.1 Å². The molecule has 0 saturated heterocycles. The summed E-state index contributed by atoms with van der Waals surface area (Å²) in [5.74, 6) is 0.235. The van der Waals surface area contributed by atoms with E-state index in [2.05, 4.69) is 9.78 Å². The van der Waals surface area contributed by atoms with Crippen LogP contribution < -0.4 is 5.73 Å². The molecule has 3 rings (SSSR count). The number of nitrogens with two attached hydrogens (primary N) is 1. The first-order chi connectivity index (χ1) is 9.15. The van der Waals surface area contributed by atoms with Crippen molar-refractivity contribution in [1.82, 2.24) is 9.78 Å². The molecule has 0 aromatic carbocycles. The lowest BCUT2D eigenvalue weighted by molar-refractivity contribution is -0.120. The van der Waals surface area contributed by atoms with Crippen molar-refractivity contribution < 1.29 is 4.79 Å². The minimum Gasteiger partial charge on any atom is -0.325 e. The van der Waals surface area contributed by atoms with Gasteiger partial charge in [-0.25, -0.2) is 0 Å². The third kappa shape index (κ3) is 2.89. The largest absolute Gasteiger partial charge is 0.325 e. The molecule has 2 N–H and O–H groups in total. The Kier molecular flexibility index (Phi) is 3.44. The van der Waals surface area contributed by atoms with Crippen molar-refractivity contribution in [3.8, 4) is 0 Å². The summed E-state index contributed by atoms with van der Waals surface area (Å²) in [7, 11) is 0. The Bertz CT molecular complexity index is 456. The number of carbonyl (C=O) groups excluding carboxylic acids is 1. The maximum atomic E-state index is 12.0. The number of carbonyl (C=O) groups is 1. The summed E-state index contributed by atoms with van der Waals surface area (Å²) in [6.45, 7) is 0. The molecule has 0 unspecified atom stereocenters. The lowest BCUT2D eigenvalue weighted by Crippen LogP contribution is -2.48. The molecular weight excluding hydrogens is 238 g/mol. The van der Waals surface area contributed by atoms with Crippen LogP contribution in [0.25, 0.3) is 0 Å². The Morgan fingerprint density at radius 1 is 1.37 bits per heavy atom.